The molecule has 2 aromatic rings. The van der Waals surface area contributed by atoms with Crippen LogP contribution in [0.15, 0.2) is 30.3 Å². The predicted molar refractivity (Wildman–Crippen MR) is 120 cm³/mol. The Bertz CT molecular complexity index is 930. The van der Waals surface area contributed by atoms with Gasteiger partial charge >= 0.3 is 7.82 Å². The van der Waals surface area contributed by atoms with Crippen molar-refractivity contribution in [3.63, 3.8) is 0 Å². The van der Waals surface area contributed by atoms with E-state index in [2.05, 4.69) is 16.4 Å². The van der Waals surface area contributed by atoms with Crippen molar-refractivity contribution in [2.75, 3.05) is 6.61 Å². The van der Waals surface area contributed by atoms with E-state index in [1.165, 1.54) is 0 Å². The van der Waals surface area contributed by atoms with Crippen LogP contribution >= 0.6 is 42.4 Å². The minimum Gasteiger partial charge on any atom is -0.323 e. The molecule has 4 N–H and O–H groups in total. The third-order valence-electron chi connectivity index (χ3n) is 4.13. The average molecular weight is 476 g/mol. The van der Waals surface area contributed by atoms with Crippen molar-refractivity contribution in [3.8, 4) is 11.8 Å². The van der Waals surface area contributed by atoms with Gasteiger partial charge in [-0.3, -0.25) is 4.52 Å². The minimum absolute atomic E-state index is 0.200. The van der Waals surface area contributed by atoms with Gasteiger partial charge in [-0.1, -0.05) is 41.1 Å². The number of benzene rings is 1. The zero-order valence-corrected chi connectivity index (χ0v) is 19.3. The Balaban J connectivity index is 1.76. The number of hydrogen-bond donors (Lipinski definition) is 3. The van der Waals surface area contributed by atoms with Crippen LogP contribution in [0.2, 0.25) is 10.0 Å². The molecule has 0 aliphatic carbocycles. The fourth-order valence-corrected chi connectivity index (χ4v) is 4.18. The van der Waals surface area contributed by atoms with Gasteiger partial charge in [0.1, 0.15) is 0 Å². The van der Waals surface area contributed by atoms with E-state index in [0.29, 0.717) is 22.9 Å². The van der Waals surface area contributed by atoms with Gasteiger partial charge in [-0.05, 0) is 62.4 Å². The maximum Gasteiger partial charge on any atom is 0.469 e. The molecule has 1 aromatic carbocycles. The van der Waals surface area contributed by atoms with Gasteiger partial charge in [-0.2, -0.15) is 0 Å². The van der Waals surface area contributed by atoms with Crippen molar-refractivity contribution in [2.24, 2.45) is 5.73 Å². The van der Waals surface area contributed by atoms with Crippen LogP contribution in [0.3, 0.4) is 0 Å². The van der Waals surface area contributed by atoms with Crippen molar-refractivity contribution < 1.29 is 18.9 Å². The second-order valence-electron chi connectivity index (χ2n) is 7.09. The fraction of sp³-hybridized carbons (Fsp3) is 0.400. The molecular weight excluding hydrogens is 452 g/mol. The predicted octanol–water partition coefficient (Wildman–Crippen LogP) is 5.19. The molecule has 0 bridgehead atoms. The van der Waals surface area contributed by atoms with Crippen LogP contribution in [0.25, 0.3) is 0 Å². The molecule has 1 unspecified atom stereocenters. The summed E-state index contributed by atoms with van der Waals surface area (Å²) in [6, 6.07) is 9.65. The molecule has 1 heterocycles. The number of nitrogens with two attached hydrogens (primary N) is 1. The Morgan fingerprint density at radius 1 is 1.21 bits per heavy atom. The Labute approximate surface area is 185 Å². The molecule has 1 atom stereocenters. The zero-order chi connectivity index (χ0) is 21.5. The van der Waals surface area contributed by atoms with Crippen LogP contribution in [-0.4, -0.2) is 21.9 Å². The molecule has 2 rings (SSSR count). The van der Waals surface area contributed by atoms with Gasteiger partial charge in [-0.15, -0.1) is 11.3 Å². The highest BCUT2D eigenvalue weighted by molar-refractivity contribution is 7.46. The standard InChI is InChI=1S/C20H24Cl2NO4PS/c1-20(23,14-27-28(24,25)26)12-11-17-9-8-16(29-17)6-4-2-3-5-15-7-10-18(21)19(22)13-15/h7-10,13H,2-3,5,11-12,14,23H2,1H3,(H2,24,25,26). The van der Waals surface area contributed by atoms with Gasteiger partial charge in [0, 0.05) is 16.8 Å². The maximum atomic E-state index is 10.8. The summed E-state index contributed by atoms with van der Waals surface area (Å²) in [7, 11) is -4.50. The molecule has 0 fully saturated rings. The molecule has 29 heavy (non-hydrogen) atoms. The SMILES string of the molecule is CC(N)(CCc1ccc(C#CCCCc2ccc(Cl)c(Cl)c2)s1)COP(=O)(O)O. The number of halogens is 2. The van der Waals surface area contributed by atoms with Gasteiger partial charge in [-0.25, -0.2) is 4.57 Å². The van der Waals surface area contributed by atoms with Crippen molar-refractivity contribution >= 4 is 42.4 Å². The van der Waals surface area contributed by atoms with Crippen LogP contribution in [0.5, 0.6) is 0 Å². The molecule has 0 saturated heterocycles. The number of phosphoric acid groups is 1. The first-order valence-electron chi connectivity index (χ1n) is 9.05. The molecule has 0 aliphatic heterocycles. The van der Waals surface area contributed by atoms with Gasteiger partial charge in [0.15, 0.2) is 0 Å². The topological polar surface area (TPSA) is 92.8 Å². The number of rotatable bonds is 9. The van der Waals surface area contributed by atoms with E-state index in [1.807, 2.05) is 30.3 Å². The molecule has 0 spiro atoms. The molecule has 5 nitrogen and oxygen atoms in total. The van der Waals surface area contributed by atoms with Gasteiger partial charge in [0.05, 0.1) is 21.5 Å². The van der Waals surface area contributed by atoms with Crippen molar-refractivity contribution in [3.05, 3.63) is 55.7 Å². The number of hydrogen-bond acceptors (Lipinski definition) is 4. The van der Waals surface area contributed by atoms with E-state index in [0.717, 1.165) is 34.6 Å². The summed E-state index contributed by atoms with van der Waals surface area (Å²) in [5, 5.41) is 1.14. The van der Waals surface area contributed by atoms with Crippen molar-refractivity contribution in [1.82, 2.24) is 0 Å². The summed E-state index contributed by atoms with van der Waals surface area (Å²) >= 11 is 13.5. The van der Waals surface area contributed by atoms with E-state index in [4.69, 9.17) is 38.7 Å². The van der Waals surface area contributed by atoms with Gasteiger partial charge < -0.3 is 15.5 Å². The van der Waals surface area contributed by atoms with Gasteiger partial charge in [0.2, 0.25) is 0 Å². The Kier molecular flexibility index (Phi) is 9.21. The average Bonchev–Trinajstić information content (AvgIpc) is 3.09. The van der Waals surface area contributed by atoms with Crippen LogP contribution in [0.1, 0.15) is 41.5 Å². The Morgan fingerprint density at radius 2 is 1.97 bits per heavy atom. The zero-order valence-electron chi connectivity index (χ0n) is 16.0. The van der Waals surface area contributed by atoms with E-state index in [9.17, 15) is 4.57 Å². The lowest BCUT2D eigenvalue weighted by Crippen LogP contribution is -2.41. The van der Waals surface area contributed by atoms with Crippen molar-refractivity contribution in [2.45, 2.75) is 44.6 Å². The largest absolute Gasteiger partial charge is 0.469 e. The van der Waals surface area contributed by atoms with Crippen LogP contribution < -0.4 is 5.73 Å². The van der Waals surface area contributed by atoms with Crippen LogP contribution in [0.4, 0.5) is 0 Å². The van der Waals surface area contributed by atoms with E-state index in [-0.39, 0.29) is 6.61 Å². The maximum absolute atomic E-state index is 10.8. The normalized spacial score (nSPS) is 13.6. The highest BCUT2D eigenvalue weighted by atomic mass is 35.5. The number of unbranched alkanes of at least 4 members (excludes halogenated alkanes) is 1. The van der Waals surface area contributed by atoms with E-state index in [1.54, 1.807) is 18.3 Å². The molecule has 0 aliphatic rings. The summed E-state index contributed by atoms with van der Waals surface area (Å²) in [4.78, 5) is 19.7. The second kappa shape index (κ2) is 10.9. The summed E-state index contributed by atoms with van der Waals surface area (Å²) in [6.45, 7) is 1.51. The molecule has 158 valence electrons. The summed E-state index contributed by atoms with van der Waals surface area (Å²) in [5.74, 6) is 6.37. The van der Waals surface area contributed by atoms with Gasteiger partial charge in [0.25, 0.3) is 0 Å². The lowest BCUT2D eigenvalue weighted by atomic mass is 9.98. The summed E-state index contributed by atoms with van der Waals surface area (Å²) < 4.78 is 15.3. The number of thiophene rings is 1. The second-order valence-corrected chi connectivity index (χ2v) is 10.3. The Hall–Kier alpha value is -0.870. The lowest BCUT2D eigenvalue weighted by molar-refractivity contribution is 0.154. The third-order valence-corrected chi connectivity index (χ3v) is 6.39. The molecule has 0 saturated carbocycles. The molecule has 9 heteroatoms. The third kappa shape index (κ3) is 9.65. The first-order chi connectivity index (χ1) is 13.5. The van der Waals surface area contributed by atoms with Crippen molar-refractivity contribution in [1.29, 1.82) is 0 Å². The quantitative estimate of drug-likeness (QED) is 0.263. The lowest BCUT2D eigenvalue weighted by Gasteiger charge is -2.24. The highest BCUT2D eigenvalue weighted by Crippen LogP contribution is 2.37. The van der Waals surface area contributed by atoms with Crippen LogP contribution in [0, 0.1) is 11.8 Å². The highest BCUT2D eigenvalue weighted by Gasteiger charge is 2.24. The van der Waals surface area contributed by atoms with Crippen LogP contribution in [-0.2, 0) is 21.9 Å². The minimum atomic E-state index is -4.50. The number of aryl methyl sites for hydroxylation is 2. The van der Waals surface area contributed by atoms with E-state index < -0.39 is 13.4 Å². The molecule has 0 amide bonds. The first-order valence-corrected chi connectivity index (χ1v) is 12.1. The monoisotopic (exact) mass is 475 g/mol. The summed E-state index contributed by atoms with van der Waals surface area (Å²) in [6.07, 6.45) is 3.86. The molecule has 1 aromatic heterocycles. The number of phosphoric ester groups is 1. The Morgan fingerprint density at radius 3 is 2.66 bits per heavy atom. The van der Waals surface area contributed by atoms with E-state index >= 15 is 0 Å². The fourth-order valence-electron chi connectivity index (χ4n) is 2.52. The molecule has 0 radical (unpaired) electrons. The smallest absolute Gasteiger partial charge is 0.323 e. The first kappa shape index (κ1) is 24.4. The summed E-state index contributed by atoms with van der Waals surface area (Å²) in [5.41, 5.74) is 6.38. The molecular formula is C20H24Cl2NO4PS.